The number of carbonyl (C=O) groups is 2. The fourth-order valence-corrected chi connectivity index (χ4v) is 1.86. The topological polar surface area (TPSA) is 110 Å². The minimum atomic E-state index is -1.41. The molecule has 0 aromatic heterocycles. The van der Waals surface area contributed by atoms with Gasteiger partial charge in [-0.25, -0.2) is 4.79 Å². The van der Waals surface area contributed by atoms with E-state index in [0.717, 1.165) is 5.56 Å². The Labute approximate surface area is 116 Å². The number of hydrogen-bond donors (Lipinski definition) is 4. The van der Waals surface area contributed by atoms with E-state index in [-0.39, 0.29) is 13.0 Å². The van der Waals surface area contributed by atoms with Gasteiger partial charge in [0, 0.05) is 0 Å². The van der Waals surface area contributed by atoms with Crippen molar-refractivity contribution in [1.29, 1.82) is 5.41 Å². The van der Waals surface area contributed by atoms with E-state index in [0.29, 0.717) is 0 Å². The Morgan fingerprint density at radius 3 is 2.35 bits per heavy atom. The molecule has 0 aliphatic rings. The number of nitrogens with one attached hydrogen (secondary N) is 2. The lowest BCUT2D eigenvalue weighted by Crippen LogP contribution is -2.40. The lowest BCUT2D eigenvalue weighted by Gasteiger charge is -2.20. The molecule has 0 aliphatic heterocycles. The molecule has 0 fully saturated rings. The molecule has 0 aliphatic carbocycles. The Bertz CT molecular complexity index is 487. The van der Waals surface area contributed by atoms with Gasteiger partial charge in [0.1, 0.15) is 5.71 Å². The van der Waals surface area contributed by atoms with Crippen molar-refractivity contribution in [2.24, 2.45) is 5.92 Å². The van der Waals surface area contributed by atoms with Crippen molar-refractivity contribution in [2.75, 3.05) is 6.61 Å². The molecule has 4 N–H and O–H groups in total. The third-order valence-corrected chi connectivity index (χ3v) is 3.00. The van der Waals surface area contributed by atoms with Gasteiger partial charge in [-0.2, -0.15) is 0 Å². The maximum atomic E-state index is 12.0. The lowest BCUT2D eigenvalue weighted by atomic mass is 9.98. The molecule has 6 nitrogen and oxygen atoms in total. The van der Waals surface area contributed by atoms with Crippen molar-refractivity contribution >= 4 is 17.6 Å². The van der Waals surface area contributed by atoms with Crippen LogP contribution in [0.15, 0.2) is 30.3 Å². The molecule has 0 heterocycles. The fraction of sp³-hybridized carbons (Fsp3) is 0.357. The quantitative estimate of drug-likeness (QED) is 0.557. The standard InChI is InChI=1S/C14H18N2O4/c1-2-10(12(15)14(19)20)13(18)16-11(8-17)9-6-4-3-5-7-9/h3-7,10-11,15,17H,2,8H2,1H3,(H,16,18)(H,19,20)/t10-,11-/m0/s1. The van der Waals surface area contributed by atoms with E-state index in [4.69, 9.17) is 10.5 Å². The minimum absolute atomic E-state index is 0.212. The van der Waals surface area contributed by atoms with Crippen LogP contribution < -0.4 is 5.32 Å². The second-order valence-corrected chi connectivity index (χ2v) is 4.33. The van der Waals surface area contributed by atoms with Crippen LogP contribution in [0.25, 0.3) is 0 Å². The SMILES string of the molecule is CC[C@@H](C(=N)C(=O)O)C(=O)N[C@@H](CO)c1ccccc1. The summed E-state index contributed by atoms with van der Waals surface area (Å²) in [6, 6.07) is 8.27. The molecule has 0 saturated carbocycles. The molecule has 108 valence electrons. The number of aliphatic carboxylic acids is 1. The molecule has 0 radical (unpaired) electrons. The fourth-order valence-electron chi connectivity index (χ4n) is 1.86. The molecular weight excluding hydrogens is 260 g/mol. The van der Waals surface area contributed by atoms with Crippen LogP contribution >= 0.6 is 0 Å². The number of carboxylic acids is 1. The van der Waals surface area contributed by atoms with E-state index in [1.165, 1.54) is 0 Å². The van der Waals surface area contributed by atoms with E-state index >= 15 is 0 Å². The average Bonchev–Trinajstić information content (AvgIpc) is 2.46. The maximum absolute atomic E-state index is 12.0. The van der Waals surface area contributed by atoms with Crippen molar-refractivity contribution in [3.8, 4) is 0 Å². The molecule has 0 bridgehead atoms. The number of hydrogen-bond acceptors (Lipinski definition) is 4. The zero-order valence-electron chi connectivity index (χ0n) is 11.2. The number of aliphatic hydroxyl groups is 1. The Balaban J connectivity index is 2.81. The Kier molecular flexibility index (Phi) is 5.86. The molecule has 1 aromatic rings. The minimum Gasteiger partial charge on any atom is -0.477 e. The third kappa shape index (κ3) is 3.89. The van der Waals surface area contributed by atoms with Gasteiger partial charge in [0.25, 0.3) is 0 Å². The summed E-state index contributed by atoms with van der Waals surface area (Å²) >= 11 is 0. The van der Waals surface area contributed by atoms with Gasteiger partial charge in [-0.15, -0.1) is 0 Å². The first-order chi connectivity index (χ1) is 9.51. The van der Waals surface area contributed by atoms with E-state index in [1.54, 1.807) is 31.2 Å². The van der Waals surface area contributed by atoms with Gasteiger partial charge in [-0.3, -0.25) is 10.2 Å². The summed E-state index contributed by atoms with van der Waals surface area (Å²) in [6.45, 7) is 1.34. The largest absolute Gasteiger partial charge is 0.477 e. The number of amides is 1. The van der Waals surface area contributed by atoms with Crippen LogP contribution in [-0.4, -0.2) is 34.4 Å². The number of benzene rings is 1. The number of rotatable bonds is 7. The van der Waals surface area contributed by atoms with Crippen molar-refractivity contribution in [1.82, 2.24) is 5.32 Å². The van der Waals surface area contributed by atoms with E-state index < -0.39 is 29.5 Å². The monoisotopic (exact) mass is 278 g/mol. The molecule has 6 heteroatoms. The van der Waals surface area contributed by atoms with Gasteiger partial charge in [-0.05, 0) is 12.0 Å². The molecule has 1 amide bonds. The summed E-state index contributed by atoms with van der Waals surface area (Å²) in [5.74, 6) is -3.00. The molecule has 20 heavy (non-hydrogen) atoms. The first kappa shape index (κ1) is 15.8. The highest BCUT2D eigenvalue weighted by Crippen LogP contribution is 2.14. The van der Waals surface area contributed by atoms with Crippen molar-refractivity contribution in [3.63, 3.8) is 0 Å². The molecule has 1 aromatic carbocycles. The Morgan fingerprint density at radius 2 is 1.90 bits per heavy atom. The maximum Gasteiger partial charge on any atom is 0.350 e. The van der Waals surface area contributed by atoms with E-state index in [1.807, 2.05) is 6.07 Å². The van der Waals surface area contributed by atoms with Crippen LogP contribution in [0.1, 0.15) is 24.9 Å². The Morgan fingerprint density at radius 1 is 1.30 bits per heavy atom. The van der Waals surface area contributed by atoms with E-state index in [2.05, 4.69) is 5.32 Å². The summed E-state index contributed by atoms with van der Waals surface area (Å²) in [7, 11) is 0. The van der Waals surface area contributed by atoms with Crippen LogP contribution in [-0.2, 0) is 9.59 Å². The number of carbonyl (C=O) groups excluding carboxylic acids is 1. The van der Waals surface area contributed by atoms with Crippen LogP contribution in [0.3, 0.4) is 0 Å². The second kappa shape index (κ2) is 7.40. The van der Waals surface area contributed by atoms with Crippen LogP contribution in [0.4, 0.5) is 0 Å². The molecular formula is C14H18N2O4. The first-order valence-electron chi connectivity index (χ1n) is 6.29. The highest BCUT2D eigenvalue weighted by atomic mass is 16.4. The van der Waals surface area contributed by atoms with Crippen LogP contribution in [0.2, 0.25) is 0 Å². The highest BCUT2D eigenvalue weighted by molar-refractivity contribution is 6.38. The number of carboxylic acid groups (broad SMARTS) is 1. The van der Waals surface area contributed by atoms with Crippen molar-refractivity contribution in [2.45, 2.75) is 19.4 Å². The van der Waals surface area contributed by atoms with Crippen molar-refractivity contribution < 1.29 is 19.8 Å². The summed E-state index contributed by atoms with van der Waals surface area (Å²) in [5.41, 5.74) is 0.0785. The summed E-state index contributed by atoms with van der Waals surface area (Å²) in [4.78, 5) is 22.8. The predicted molar refractivity (Wildman–Crippen MR) is 73.6 cm³/mol. The smallest absolute Gasteiger partial charge is 0.350 e. The zero-order valence-corrected chi connectivity index (χ0v) is 11.2. The molecule has 2 atom stereocenters. The highest BCUT2D eigenvalue weighted by Gasteiger charge is 2.28. The van der Waals surface area contributed by atoms with Crippen molar-refractivity contribution in [3.05, 3.63) is 35.9 Å². The molecule has 0 unspecified atom stereocenters. The molecule has 0 spiro atoms. The van der Waals surface area contributed by atoms with Gasteiger partial charge in [0.05, 0.1) is 18.6 Å². The van der Waals surface area contributed by atoms with Gasteiger partial charge in [0.2, 0.25) is 5.91 Å². The summed E-state index contributed by atoms with van der Waals surface area (Å²) in [6.07, 6.45) is 0.212. The predicted octanol–water partition coefficient (Wildman–Crippen LogP) is 0.967. The van der Waals surface area contributed by atoms with Gasteiger partial charge < -0.3 is 15.5 Å². The normalized spacial score (nSPS) is 13.3. The van der Waals surface area contributed by atoms with Crippen LogP contribution in [0.5, 0.6) is 0 Å². The zero-order chi connectivity index (χ0) is 15.1. The Hall–Kier alpha value is -2.21. The second-order valence-electron chi connectivity index (χ2n) is 4.33. The number of aliphatic hydroxyl groups excluding tert-OH is 1. The first-order valence-corrected chi connectivity index (χ1v) is 6.29. The molecule has 1 rings (SSSR count). The third-order valence-electron chi connectivity index (χ3n) is 3.00. The van der Waals surface area contributed by atoms with Gasteiger partial charge in [0.15, 0.2) is 0 Å². The average molecular weight is 278 g/mol. The van der Waals surface area contributed by atoms with Crippen LogP contribution in [0, 0.1) is 11.3 Å². The van der Waals surface area contributed by atoms with E-state index in [9.17, 15) is 14.7 Å². The van der Waals surface area contributed by atoms with Gasteiger partial charge in [-0.1, -0.05) is 37.3 Å². The summed E-state index contributed by atoms with van der Waals surface area (Å²) in [5, 5.41) is 28.1. The van der Waals surface area contributed by atoms with Gasteiger partial charge >= 0.3 is 5.97 Å². The summed E-state index contributed by atoms with van der Waals surface area (Å²) < 4.78 is 0. The molecule has 0 saturated heterocycles. The lowest BCUT2D eigenvalue weighted by molar-refractivity contribution is -0.131.